The molecule has 0 aliphatic carbocycles. The monoisotopic (exact) mass is 367 g/mol. The highest BCUT2D eigenvalue weighted by molar-refractivity contribution is 5.93. The van der Waals surface area contributed by atoms with Gasteiger partial charge in [-0.25, -0.2) is 0 Å². The molecule has 0 bridgehead atoms. The van der Waals surface area contributed by atoms with Crippen LogP contribution >= 0.6 is 0 Å². The summed E-state index contributed by atoms with van der Waals surface area (Å²) in [4.78, 5) is 12.5. The molecule has 0 spiro atoms. The molecule has 2 aromatic carbocycles. The van der Waals surface area contributed by atoms with Crippen molar-refractivity contribution in [2.24, 2.45) is 0 Å². The minimum Gasteiger partial charge on any atom is -0.497 e. The van der Waals surface area contributed by atoms with Crippen molar-refractivity contribution in [1.29, 1.82) is 0 Å². The van der Waals surface area contributed by atoms with Gasteiger partial charge in [-0.2, -0.15) is 0 Å². The molecule has 0 saturated heterocycles. The lowest BCUT2D eigenvalue weighted by Crippen LogP contribution is -2.87. The summed E-state index contributed by atoms with van der Waals surface area (Å²) in [5.74, 6) is 1.88. The quantitative estimate of drug-likeness (QED) is 0.642. The number of carbonyl (C=O) groups excluding carboxylic acids is 1. The fraction of sp³-hybridized carbons (Fsp3) is 0.190. The molecule has 3 rings (SSSR count). The zero-order valence-electron chi connectivity index (χ0n) is 15.3. The van der Waals surface area contributed by atoms with Gasteiger partial charge in [-0.15, -0.1) is 0 Å². The molecule has 0 fully saturated rings. The van der Waals surface area contributed by atoms with Gasteiger partial charge in [0.25, 0.3) is 5.91 Å². The van der Waals surface area contributed by atoms with Crippen molar-refractivity contribution in [3.63, 3.8) is 0 Å². The second kappa shape index (κ2) is 8.91. The molecule has 0 unspecified atom stereocenters. The summed E-state index contributed by atoms with van der Waals surface area (Å²) >= 11 is 0. The maximum Gasteiger partial charge on any atom is 0.279 e. The molecule has 6 nitrogen and oxygen atoms in total. The number of carbonyl (C=O) groups is 1. The lowest BCUT2D eigenvalue weighted by molar-refractivity contribution is -0.678. The van der Waals surface area contributed by atoms with Crippen molar-refractivity contribution >= 4 is 11.6 Å². The third-order valence-corrected chi connectivity index (χ3v) is 4.23. The molecule has 6 heteroatoms. The van der Waals surface area contributed by atoms with E-state index in [1.807, 2.05) is 47.8 Å². The topological polar surface area (TPSA) is 77.3 Å². The number of nitrogens with two attached hydrogens (primary N) is 1. The van der Waals surface area contributed by atoms with Gasteiger partial charge < -0.3 is 24.5 Å². The van der Waals surface area contributed by atoms with Crippen molar-refractivity contribution in [2.75, 3.05) is 26.1 Å². The second-order valence-electron chi connectivity index (χ2n) is 5.96. The van der Waals surface area contributed by atoms with E-state index in [1.165, 1.54) is 0 Å². The van der Waals surface area contributed by atoms with E-state index in [1.54, 1.807) is 38.7 Å². The fourth-order valence-electron chi connectivity index (χ4n) is 2.87. The molecule has 1 amide bonds. The molecule has 27 heavy (non-hydrogen) atoms. The highest BCUT2D eigenvalue weighted by atomic mass is 16.5. The van der Waals surface area contributed by atoms with Crippen molar-refractivity contribution in [1.82, 2.24) is 0 Å². The van der Waals surface area contributed by atoms with Crippen molar-refractivity contribution in [3.8, 4) is 11.5 Å². The smallest absolute Gasteiger partial charge is 0.279 e. The van der Waals surface area contributed by atoms with Gasteiger partial charge in [0, 0.05) is 11.6 Å². The number of benzene rings is 2. The highest BCUT2D eigenvalue weighted by Crippen LogP contribution is 2.28. The second-order valence-corrected chi connectivity index (χ2v) is 5.96. The summed E-state index contributed by atoms with van der Waals surface area (Å²) in [6.07, 6.45) is 1.64. The average Bonchev–Trinajstić information content (AvgIpc) is 3.24. The molecular weight excluding hydrogens is 344 g/mol. The molecule has 3 N–H and O–H groups in total. The van der Waals surface area contributed by atoms with Crippen LogP contribution in [0.4, 0.5) is 5.69 Å². The van der Waals surface area contributed by atoms with Crippen LogP contribution in [0.3, 0.4) is 0 Å². The van der Waals surface area contributed by atoms with Crippen LogP contribution < -0.4 is 20.1 Å². The van der Waals surface area contributed by atoms with Gasteiger partial charge in [0.15, 0.2) is 18.3 Å². The number of hydrogen-bond acceptors (Lipinski definition) is 4. The Balaban J connectivity index is 1.68. The summed E-state index contributed by atoms with van der Waals surface area (Å²) in [5, 5.41) is 4.83. The Bertz CT molecular complexity index is 863. The average molecular weight is 367 g/mol. The minimum absolute atomic E-state index is 0.0929. The van der Waals surface area contributed by atoms with Gasteiger partial charge in [0.1, 0.15) is 11.5 Å². The first-order chi connectivity index (χ1) is 13.2. The lowest BCUT2D eigenvalue weighted by Gasteiger charge is -2.15. The Labute approximate surface area is 158 Å². The summed E-state index contributed by atoms with van der Waals surface area (Å²) in [5.41, 5.74) is 1.67. The molecular formula is C21H23N2O4+. The van der Waals surface area contributed by atoms with E-state index in [0.717, 1.165) is 11.3 Å². The standard InChI is InChI=1S/C21H22N2O4/c1-25-16-10-11-17(19(13-16)26-2)23-20(24)14-22-21(18-9-6-12-27-18)15-7-4-3-5-8-15/h3-13,21-22H,14H2,1-2H3,(H,23,24)/p+1/t21-/m1/s1. The van der Waals surface area contributed by atoms with Crippen LogP contribution in [0, 0.1) is 0 Å². The van der Waals surface area contributed by atoms with Crippen LogP contribution in [0.15, 0.2) is 71.3 Å². The van der Waals surface area contributed by atoms with Crippen LogP contribution in [-0.2, 0) is 4.79 Å². The van der Waals surface area contributed by atoms with E-state index in [2.05, 4.69) is 5.32 Å². The van der Waals surface area contributed by atoms with Crippen molar-refractivity contribution in [2.45, 2.75) is 6.04 Å². The fourth-order valence-corrected chi connectivity index (χ4v) is 2.87. The molecule has 0 radical (unpaired) electrons. The van der Waals surface area contributed by atoms with E-state index >= 15 is 0 Å². The number of rotatable bonds is 8. The van der Waals surface area contributed by atoms with Crippen LogP contribution in [0.5, 0.6) is 11.5 Å². The van der Waals surface area contributed by atoms with Crippen LogP contribution in [0.1, 0.15) is 17.4 Å². The number of furan rings is 1. The summed E-state index contributed by atoms with van der Waals surface area (Å²) in [6.45, 7) is 0.232. The number of hydrogen-bond donors (Lipinski definition) is 2. The number of nitrogens with one attached hydrogen (secondary N) is 1. The van der Waals surface area contributed by atoms with E-state index < -0.39 is 0 Å². The van der Waals surface area contributed by atoms with E-state index in [9.17, 15) is 4.79 Å². The predicted octanol–water partition coefficient (Wildman–Crippen LogP) is 2.59. The molecule has 0 aliphatic rings. The zero-order valence-corrected chi connectivity index (χ0v) is 15.3. The molecule has 1 aromatic heterocycles. The molecule has 1 atom stereocenters. The zero-order chi connectivity index (χ0) is 19.1. The normalized spacial score (nSPS) is 11.6. The Morgan fingerprint density at radius 3 is 2.56 bits per heavy atom. The summed E-state index contributed by atoms with van der Waals surface area (Å²) in [7, 11) is 3.14. The van der Waals surface area contributed by atoms with Gasteiger partial charge in [0.05, 0.1) is 26.2 Å². The first-order valence-electron chi connectivity index (χ1n) is 8.65. The molecule has 0 saturated carbocycles. The number of ether oxygens (including phenoxy) is 2. The van der Waals surface area contributed by atoms with Crippen LogP contribution in [-0.4, -0.2) is 26.7 Å². The van der Waals surface area contributed by atoms with Gasteiger partial charge in [0.2, 0.25) is 0 Å². The third kappa shape index (κ3) is 4.68. The van der Waals surface area contributed by atoms with Crippen LogP contribution in [0.25, 0.3) is 0 Å². The third-order valence-electron chi connectivity index (χ3n) is 4.23. The minimum atomic E-state index is -0.133. The first-order valence-corrected chi connectivity index (χ1v) is 8.65. The van der Waals surface area contributed by atoms with E-state index in [4.69, 9.17) is 13.9 Å². The lowest BCUT2D eigenvalue weighted by atomic mass is 10.0. The summed E-state index contributed by atoms with van der Waals surface area (Å²) < 4.78 is 16.1. The molecule has 140 valence electrons. The molecule has 0 aliphatic heterocycles. The SMILES string of the molecule is COc1ccc(NC(=O)C[NH2+][C@H](c2ccccc2)c2ccco2)c(OC)c1. The van der Waals surface area contributed by atoms with Crippen molar-refractivity contribution < 1.29 is 24.0 Å². The number of quaternary nitrogens is 1. The number of methoxy groups -OCH3 is 2. The Morgan fingerprint density at radius 2 is 1.89 bits per heavy atom. The van der Waals surface area contributed by atoms with E-state index in [-0.39, 0.29) is 18.5 Å². The maximum atomic E-state index is 12.5. The maximum absolute atomic E-state index is 12.5. The Morgan fingerprint density at radius 1 is 1.07 bits per heavy atom. The van der Waals surface area contributed by atoms with Crippen LogP contribution in [0.2, 0.25) is 0 Å². The Hall–Kier alpha value is -3.25. The number of anilines is 1. The van der Waals surface area contributed by atoms with Gasteiger partial charge >= 0.3 is 0 Å². The molecule has 1 heterocycles. The Kier molecular flexibility index (Phi) is 6.12. The van der Waals surface area contributed by atoms with Gasteiger partial charge in [-0.05, 0) is 24.3 Å². The largest absolute Gasteiger partial charge is 0.497 e. The van der Waals surface area contributed by atoms with Crippen molar-refractivity contribution in [3.05, 3.63) is 78.3 Å². The first kappa shape index (κ1) is 18.5. The highest BCUT2D eigenvalue weighted by Gasteiger charge is 2.21. The summed E-state index contributed by atoms with van der Waals surface area (Å²) in [6, 6.07) is 18.9. The number of amides is 1. The van der Waals surface area contributed by atoms with Gasteiger partial charge in [-0.3, -0.25) is 4.79 Å². The predicted molar refractivity (Wildman–Crippen MR) is 102 cm³/mol. The van der Waals surface area contributed by atoms with E-state index in [0.29, 0.717) is 17.2 Å². The molecule has 3 aromatic rings. The van der Waals surface area contributed by atoms with Gasteiger partial charge in [-0.1, -0.05) is 30.3 Å².